The Kier molecular flexibility index (Phi) is 5.40. The summed E-state index contributed by atoms with van der Waals surface area (Å²) in [6.45, 7) is 6.55. The number of hydrogen-bond donors (Lipinski definition) is 2. The van der Waals surface area contributed by atoms with Crippen LogP contribution in [-0.4, -0.2) is 26.0 Å². The summed E-state index contributed by atoms with van der Waals surface area (Å²) >= 11 is 0. The molecule has 7 nitrogen and oxygen atoms in total. The van der Waals surface area contributed by atoms with E-state index in [4.69, 9.17) is 4.52 Å². The smallest absolute Gasteiger partial charge is 0.246 e. The van der Waals surface area contributed by atoms with Crippen molar-refractivity contribution in [3.63, 3.8) is 0 Å². The fourth-order valence-electron chi connectivity index (χ4n) is 2.48. The van der Waals surface area contributed by atoms with Gasteiger partial charge >= 0.3 is 0 Å². The van der Waals surface area contributed by atoms with Crippen LogP contribution in [-0.2, 0) is 21.2 Å². The summed E-state index contributed by atoms with van der Waals surface area (Å²) in [7, 11) is -3.86. The van der Waals surface area contributed by atoms with Crippen molar-refractivity contribution in [2.24, 2.45) is 0 Å². The number of hydrogen-bond acceptors (Lipinski definition) is 5. The predicted octanol–water partition coefficient (Wildman–Crippen LogP) is 2.08. The van der Waals surface area contributed by atoms with Crippen LogP contribution in [0, 0.1) is 20.8 Å². The van der Waals surface area contributed by atoms with Crippen molar-refractivity contribution in [2.45, 2.75) is 39.0 Å². The van der Waals surface area contributed by atoms with E-state index in [0.29, 0.717) is 0 Å². The minimum Gasteiger partial charge on any atom is -0.360 e. The highest BCUT2D eigenvalue weighted by Gasteiger charge is 2.24. The van der Waals surface area contributed by atoms with Gasteiger partial charge in [-0.1, -0.05) is 30.3 Å². The van der Waals surface area contributed by atoms with Gasteiger partial charge in [-0.2, -0.15) is 0 Å². The molecule has 2 rings (SSSR count). The zero-order chi connectivity index (χ0) is 17.9. The van der Waals surface area contributed by atoms with E-state index in [2.05, 4.69) is 15.2 Å². The monoisotopic (exact) mass is 351 g/mol. The summed E-state index contributed by atoms with van der Waals surface area (Å²) in [5, 5.41) is 6.39. The van der Waals surface area contributed by atoms with Gasteiger partial charge in [0.15, 0.2) is 5.76 Å². The molecule has 0 saturated carbocycles. The number of aryl methyl sites for hydroxylation is 4. The molecule has 0 aliphatic heterocycles. The Hall–Kier alpha value is -2.19. The standard InChI is InChI=1S/C16H21N3O4S/c1-5-13-8-6-7-10(2)15(13)18-14(20)9-17-24(21,22)16-11(3)19-23-12(16)4/h6-8,17H,5,9H2,1-4H3,(H,18,20). The van der Waals surface area contributed by atoms with Crippen LogP contribution < -0.4 is 10.0 Å². The number of carbonyl (C=O) groups is 1. The third-order valence-corrected chi connectivity index (χ3v) is 5.31. The number of para-hydroxylation sites is 1. The topological polar surface area (TPSA) is 101 Å². The summed E-state index contributed by atoms with van der Waals surface area (Å²) in [6.07, 6.45) is 0.766. The van der Waals surface area contributed by atoms with E-state index in [1.54, 1.807) is 0 Å². The van der Waals surface area contributed by atoms with Gasteiger partial charge in [0, 0.05) is 5.69 Å². The van der Waals surface area contributed by atoms with E-state index in [-0.39, 0.29) is 22.9 Å². The maximum Gasteiger partial charge on any atom is 0.246 e. The Balaban J connectivity index is 2.09. The van der Waals surface area contributed by atoms with Gasteiger partial charge in [0.25, 0.3) is 0 Å². The molecule has 0 saturated heterocycles. The van der Waals surface area contributed by atoms with Crippen molar-refractivity contribution < 1.29 is 17.7 Å². The van der Waals surface area contributed by atoms with Gasteiger partial charge in [0.05, 0.1) is 6.54 Å². The van der Waals surface area contributed by atoms with Gasteiger partial charge in [-0.25, -0.2) is 13.1 Å². The molecule has 0 fully saturated rings. The van der Waals surface area contributed by atoms with Crippen LogP contribution in [0.15, 0.2) is 27.6 Å². The summed E-state index contributed by atoms with van der Waals surface area (Å²) < 4.78 is 31.7. The van der Waals surface area contributed by atoms with E-state index in [1.807, 2.05) is 32.0 Å². The van der Waals surface area contributed by atoms with Crippen molar-refractivity contribution in [3.8, 4) is 0 Å². The number of carbonyl (C=O) groups excluding carboxylic acids is 1. The van der Waals surface area contributed by atoms with Crippen LogP contribution in [0.1, 0.15) is 29.5 Å². The minimum absolute atomic E-state index is 0.0274. The second kappa shape index (κ2) is 7.14. The van der Waals surface area contributed by atoms with E-state index < -0.39 is 15.9 Å². The lowest BCUT2D eigenvalue weighted by Gasteiger charge is -2.13. The Morgan fingerprint density at radius 1 is 1.25 bits per heavy atom. The number of benzene rings is 1. The first-order chi connectivity index (χ1) is 11.3. The molecule has 0 bridgehead atoms. The first-order valence-electron chi connectivity index (χ1n) is 7.57. The fraction of sp³-hybridized carbons (Fsp3) is 0.375. The summed E-state index contributed by atoms with van der Waals surface area (Å²) in [4.78, 5) is 12.1. The molecule has 24 heavy (non-hydrogen) atoms. The Labute approximate surface area is 141 Å². The number of anilines is 1. The third kappa shape index (κ3) is 3.82. The van der Waals surface area contributed by atoms with Gasteiger partial charge in [-0.3, -0.25) is 4.79 Å². The number of rotatable bonds is 6. The minimum atomic E-state index is -3.86. The van der Waals surface area contributed by atoms with Crippen LogP contribution in [0.5, 0.6) is 0 Å². The largest absolute Gasteiger partial charge is 0.360 e. The summed E-state index contributed by atoms with van der Waals surface area (Å²) in [5.41, 5.74) is 2.90. The molecule has 8 heteroatoms. The molecule has 2 N–H and O–H groups in total. The molecule has 0 unspecified atom stereocenters. The SMILES string of the molecule is CCc1cccc(C)c1NC(=O)CNS(=O)(=O)c1c(C)noc1C. The molecule has 1 heterocycles. The van der Waals surface area contributed by atoms with E-state index in [0.717, 1.165) is 23.2 Å². The molecule has 1 amide bonds. The van der Waals surface area contributed by atoms with Crippen LogP contribution in [0.4, 0.5) is 5.69 Å². The lowest BCUT2D eigenvalue weighted by Crippen LogP contribution is -2.33. The predicted molar refractivity (Wildman–Crippen MR) is 90.4 cm³/mol. The number of aromatic nitrogens is 1. The molecule has 0 radical (unpaired) electrons. The van der Waals surface area contributed by atoms with Crippen molar-refractivity contribution in [1.82, 2.24) is 9.88 Å². The highest BCUT2D eigenvalue weighted by molar-refractivity contribution is 7.89. The Morgan fingerprint density at radius 3 is 2.54 bits per heavy atom. The number of nitrogens with one attached hydrogen (secondary N) is 2. The normalized spacial score (nSPS) is 11.5. The second-order valence-corrected chi connectivity index (χ2v) is 7.19. The second-order valence-electron chi connectivity index (χ2n) is 5.49. The summed E-state index contributed by atoms with van der Waals surface area (Å²) in [5.74, 6) is -0.248. The molecule has 0 aliphatic carbocycles. The molecule has 0 atom stereocenters. The van der Waals surface area contributed by atoms with Crippen LogP contribution in [0.3, 0.4) is 0 Å². The number of sulfonamides is 1. The molecular formula is C16H21N3O4S. The summed E-state index contributed by atoms with van der Waals surface area (Å²) in [6, 6.07) is 5.74. The molecule has 0 aliphatic rings. The number of amides is 1. The van der Waals surface area contributed by atoms with E-state index >= 15 is 0 Å². The van der Waals surface area contributed by atoms with E-state index in [9.17, 15) is 13.2 Å². The molecule has 2 aromatic rings. The van der Waals surface area contributed by atoms with Gasteiger partial charge in [-0.15, -0.1) is 0 Å². The molecule has 1 aromatic carbocycles. The quantitative estimate of drug-likeness (QED) is 0.830. The highest BCUT2D eigenvalue weighted by atomic mass is 32.2. The lowest BCUT2D eigenvalue weighted by atomic mass is 10.1. The van der Waals surface area contributed by atoms with Crippen molar-refractivity contribution in [1.29, 1.82) is 0 Å². The zero-order valence-corrected chi connectivity index (χ0v) is 15.0. The fourth-order valence-corrected chi connectivity index (χ4v) is 3.78. The van der Waals surface area contributed by atoms with Crippen LogP contribution >= 0.6 is 0 Å². The van der Waals surface area contributed by atoms with E-state index in [1.165, 1.54) is 13.8 Å². The van der Waals surface area contributed by atoms with Gasteiger partial charge in [0.1, 0.15) is 10.6 Å². The van der Waals surface area contributed by atoms with Crippen molar-refractivity contribution >= 4 is 21.6 Å². The van der Waals surface area contributed by atoms with Gasteiger partial charge in [-0.05, 0) is 38.3 Å². The van der Waals surface area contributed by atoms with Gasteiger partial charge in [0.2, 0.25) is 15.9 Å². The Morgan fingerprint density at radius 2 is 1.96 bits per heavy atom. The van der Waals surface area contributed by atoms with Crippen molar-refractivity contribution in [2.75, 3.05) is 11.9 Å². The Bertz CT molecular complexity index is 837. The van der Waals surface area contributed by atoms with Gasteiger partial charge < -0.3 is 9.84 Å². The average Bonchev–Trinajstić information content (AvgIpc) is 2.87. The molecule has 130 valence electrons. The maximum atomic E-state index is 12.3. The number of nitrogens with zero attached hydrogens (tertiary/aromatic N) is 1. The van der Waals surface area contributed by atoms with Crippen LogP contribution in [0.25, 0.3) is 0 Å². The van der Waals surface area contributed by atoms with Crippen molar-refractivity contribution in [3.05, 3.63) is 40.8 Å². The molecule has 1 aromatic heterocycles. The average molecular weight is 351 g/mol. The lowest BCUT2D eigenvalue weighted by molar-refractivity contribution is -0.115. The highest BCUT2D eigenvalue weighted by Crippen LogP contribution is 2.21. The maximum absolute atomic E-state index is 12.3. The molecule has 0 spiro atoms. The zero-order valence-electron chi connectivity index (χ0n) is 14.1. The molecular weight excluding hydrogens is 330 g/mol. The third-order valence-electron chi connectivity index (χ3n) is 3.66. The first kappa shape index (κ1) is 18.2. The first-order valence-corrected chi connectivity index (χ1v) is 9.05. The van der Waals surface area contributed by atoms with Crippen LogP contribution in [0.2, 0.25) is 0 Å².